The fourth-order valence-corrected chi connectivity index (χ4v) is 2.22. The lowest BCUT2D eigenvalue weighted by molar-refractivity contribution is -0.118. The van der Waals surface area contributed by atoms with Crippen molar-refractivity contribution in [3.05, 3.63) is 58.1 Å². The lowest BCUT2D eigenvalue weighted by Crippen LogP contribution is -2.20. The van der Waals surface area contributed by atoms with Gasteiger partial charge in [0.25, 0.3) is 5.91 Å². The number of amides is 1. The summed E-state index contributed by atoms with van der Waals surface area (Å²) in [6.07, 6.45) is 0. The van der Waals surface area contributed by atoms with Crippen molar-refractivity contribution in [1.29, 1.82) is 0 Å². The van der Waals surface area contributed by atoms with Crippen LogP contribution in [-0.2, 0) is 4.79 Å². The third-order valence-corrected chi connectivity index (χ3v) is 3.32. The monoisotopic (exact) mass is 333 g/mol. The molecular weight excluding hydrogens is 318 g/mol. The maximum atomic E-state index is 11.9. The first kappa shape index (κ1) is 14.6. The van der Waals surface area contributed by atoms with Crippen molar-refractivity contribution >= 4 is 27.5 Å². The summed E-state index contributed by atoms with van der Waals surface area (Å²) >= 11 is 3.36. The zero-order valence-corrected chi connectivity index (χ0v) is 13.0. The molecule has 0 unspecified atom stereocenters. The van der Waals surface area contributed by atoms with Gasteiger partial charge in [-0.05, 0) is 43.7 Å². The fourth-order valence-electron chi connectivity index (χ4n) is 1.85. The summed E-state index contributed by atoms with van der Waals surface area (Å²) in [5.41, 5.74) is 3.03. The Kier molecular flexibility index (Phi) is 4.79. The Morgan fingerprint density at radius 2 is 2.00 bits per heavy atom. The first-order chi connectivity index (χ1) is 9.54. The number of hydrogen-bond acceptors (Lipinski definition) is 2. The normalized spacial score (nSPS) is 10.2. The number of anilines is 1. The van der Waals surface area contributed by atoms with Gasteiger partial charge >= 0.3 is 0 Å². The number of halogens is 1. The lowest BCUT2D eigenvalue weighted by Gasteiger charge is -2.10. The Labute approximate surface area is 127 Å². The van der Waals surface area contributed by atoms with Crippen molar-refractivity contribution < 1.29 is 9.53 Å². The number of aryl methyl sites for hydroxylation is 2. The molecule has 20 heavy (non-hydrogen) atoms. The summed E-state index contributed by atoms with van der Waals surface area (Å²) in [4.78, 5) is 11.9. The average molecular weight is 334 g/mol. The van der Waals surface area contributed by atoms with E-state index in [1.807, 2.05) is 56.3 Å². The van der Waals surface area contributed by atoms with Crippen molar-refractivity contribution in [1.82, 2.24) is 0 Å². The van der Waals surface area contributed by atoms with Gasteiger partial charge in [-0.1, -0.05) is 39.7 Å². The Balaban J connectivity index is 1.92. The SMILES string of the molecule is Cc1ccc(NC(=O)COc2cccc(Br)c2)c(C)c1. The molecule has 104 valence electrons. The average Bonchev–Trinajstić information content (AvgIpc) is 2.40. The second-order valence-electron chi connectivity index (χ2n) is 4.61. The molecule has 0 fully saturated rings. The lowest BCUT2D eigenvalue weighted by atomic mass is 10.1. The molecule has 2 aromatic rings. The topological polar surface area (TPSA) is 38.3 Å². The molecule has 0 saturated carbocycles. The number of carbonyl (C=O) groups excluding carboxylic acids is 1. The summed E-state index contributed by atoms with van der Waals surface area (Å²) in [5, 5.41) is 2.85. The highest BCUT2D eigenvalue weighted by molar-refractivity contribution is 9.10. The number of hydrogen-bond donors (Lipinski definition) is 1. The molecule has 2 aromatic carbocycles. The Morgan fingerprint density at radius 1 is 1.20 bits per heavy atom. The zero-order chi connectivity index (χ0) is 14.5. The molecule has 3 nitrogen and oxygen atoms in total. The maximum absolute atomic E-state index is 11.9. The van der Waals surface area contributed by atoms with Crippen LogP contribution < -0.4 is 10.1 Å². The molecule has 0 atom stereocenters. The predicted octanol–water partition coefficient (Wildman–Crippen LogP) is 4.08. The molecule has 0 aliphatic heterocycles. The van der Waals surface area contributed by atoms with Crippen molar-refractivity contribution in [2.24, 2.45) is 0 Å². The Morgan fingerprint density at radius 3 is 2.70 bits per heavy atom. The van der Waals surface area contributed by atoms with E-state index in [2.05, 4.69) is 21.2 Å². The van der Waals surface area contributed by atoms with Crippen LogP contribution in [0.2, 0.25) is 0 Å². The van der Waals surface area contributed by atoms with Gasteiger partial charge in [0, 0.05) is 10.2 Å². The van der Waals surface area contributed by atoms with Crippen LogP contribution in [0, 0.1) is 13.8 Å². The van der Waals surface area contributed by atoms with Crippen molar-refractivity contribution in [3.63, 3.8) is 0 Å². The summed E-state index contributed by atoms with van der Waals surface area (Å²) in [7, 11) is 0. The van der Waals surface area contributed by atoms with Crippen LogP contribution in [0.25, 0.3) is 0 Å². The van der Waals surface area contributed by atoms with Crippen LogP contribution >= 0.6 is 15.9 Å². The molecule has 1 N–H and O–H groups in total. The van der Waals surface area contributed by atoms with E-state index in [1.165, 1.54) is 5.56 Å². The summed E-state index contributed by atoms with van der Waals surface area (Å²) < 4.78 is 6.36. The molecule has 0 saturated heterocycles. The molecule has 0 bridgehead atoms. The molecule has 2 rings (SSSR count). The molecule has 4 heteroatoms. The Hall–Kier alpha value is -1.81. The van der Waals surface area contributed by atoms with Crippen LogP contribution in [0.3, 0.4) is 0 Å². The van der Waals surface area contributed by atoms with E-state index in [1.54, 1.807) is 0 Å². The van der Waals surface area contributed by atoms with E-state index in [0.717, 1.165) is 15.7 Å². The van der Waals surface area contributed by atoms with Gasteiger partial charge in [0.2, 0.25) is 0 Å². The van der Waals surface area contributed by atoms with Gasteiger partial charge in [-0.3, -0.25) is 4.79 Å². The van der Waals surface area contributed by atoms with Crippen molar-refractivity contribution in [2.75, 3.05) is 11.9 Å². The number of nitrogens with one attached hydrogen (secondary N) is 1. The van der Waals surface area contributed by atoms with Gasteiger partial charge in [-0.25, -0.2) is 0 Å². The third kappa shape index (κ3) is 4.10. The molecule has 0 aliphatic rings. The van der Waals surface area contributed by atoms with Crippen molar-refractivity contribution in [3.8, 4) is 5.75 Å². The standard InChI is InChI=1S/C16H16BrNO2/c1-11-6-7-15(12(2)8-11)18-16(19)10-20-14-5-3-4-13(17)9-14/h3-9H,10H2,1-2H3,(H,18,19). The van der Waals surface area contributed by atoms with Gasteiger partial charge in [0.15, 0.2) is 6.61 Å². The van der Waals surface area contributed by atoms with Gasteiger partial charge in [0.1, 0.15) is 5.75 Å². The molecule has 0 heterocycles. The molecule has 0 spiro atoms. The number of benzene rings is 2. The third-order valence-electron chi connectivity index (χ3n) is 2.82. The minimum absolute atomic E-state index is 0.0101. The van der Waals surface area contributed by atoms with E-state index < -0.39 is 0 Å². The molecule has 0 radical (unpaired) electrons. The quantitative estimate of drug-likeness (QED) is 0.915. The van der Waals surface area contributed by atoms with Crippen LogP contribution in [0.1, 0.15) is 11.1 Å². The van der Waals surface area contributed by atoms with Gasteiger partial charge in [-0.15, -0.1) is 0 Å². The molecule has 0 aromatic heterocycles. The minimum Gasteiger partial charge on any atom is -0.484 e. The van der Waals surface area contributed by atoms with Crippen molar-refractivity contribution in [2.45, 2.75) is 13.8 Å². The van der Waals surface area contributed by atoms with Gasteiger partial charge in [0.05, 0.1) is 0 Å². The highest BCUT2D eigenvalue weighted by atomic mass is 79.9. The second kappa shape index (κ2) is 6.57. The summed E-state index contributed by atoms with van der Waals surface area (Å²) in [6.45, 7) is 3.98. The zero-order valence-electron chi connectivity index (χ0n) is 11.4. The summed E-state index contributed by atoms with van der Waals surface area (Å²) in [6, 6.07) is 13.3. The van der Waals surface area contributed by atoms with E-state index >= 15 is 0 Å². The smallest absolute Gasteiger partial charge is 0.262 e. The number of ether oxygens (including phenoxy) is 1. The maximum Gasteiger partial charge on any atom is 0.262 e. The largest absolute Gasteiger partial charge is 0.484 e. The van der Waals surface area contributed by atoms with Crippen LogP contribution in [0.15, 0.2) is 46.9 Å². The predicted molar refractivity (Wildman–Crippen MR) is 84.2 cm³/mol. The first-order valence-electron chi connectivity index (χ1n) is 6.30. The fraction of sp³-hybridized carbons (Fsp3) is 0.188. The molecule has 1 amide bonds. The molecule has 0 aliphatic carbocycles. The van der Waals surface area contributed by atoms with Gasteiger partial charge < -0.3 is 10.1 Å². The van der Waals surface area contributed by atoms with Gasteiger partial charge in [-0.2, -0.15) is 0 Å². The number of carbonyl (C=O) groups is 1. The van der Waals surface area contributed by atoms with E-state index in [-0.39, 0.29) is 12.5 Å². The first-order valence-corrected chi connectivity index (χ1v) is 7.09. The van der Waals surface area contributed by atoms with Crippen LogP contribution in [0.4, 0.5) is 5.69 Å². The van der Waals surface area contributed by atoms with E-state index in [9.17, 15) is 4.79 Å². The summed E-state index contributed by atoms with van der Waals surface area (Å²) in [5.74, 6) is 0.493. The number of rotatable bonds is 4. The highest BCUT2D eigenvalue weighted by Crippen LogP contribution is 2.18. The minimum atomic E-state index is -0.170. The van der Waals surface area contributed by atoms with Crippen LogP contribution in [0.5, 0.6) is 5.75 Å². The van der Waals surface area contributed by atoms with E-state index in [0.29, 0.717) is 5.75 Å². The highest BCUT2D eigenvalue weighted by Gasteiger charge is 2.06. The molecular formula is C16H16BrNO2. The van der Waals surface area contributed by atoms with Crippen LogP contribution in [-0.4, -0.2) is 12.5 Å². The Bertz CT molecular complexity index is 626. The van der Waals surface area contributed by atoms with E-state index in [4.69, 9.17) is 4.74 Å². The second-order valence-corrected chi connectivity index (χ2v) is 5.53.